The second-order valence-corrected chi connectivity index (χ2v) is 7.91. The second-order valence-electron chi connectivity index (χ2n) is 7.91. The molecule has 2 aliphatic heterocycles. The van der Waals surface area contributed by atoms with Crippen LogP contribution in [-0.2, 0) is 0 Å². The lowest BCUT2D eigenvalue weighted by atomic mass is 9.95. The van der Waals surface area contributed by atoms with Gasteiger partial charge in [0.25, 0.3) is 0 Å². The van der Waals surface area contributed by atoms with E-state index in [4.69, 9.17) is 4.99 Å². The Bertz CT molecular complexity index is 359. The smallest absolute Gasteiger partial charge is 0.117 e. The van der Waals surface area contributed by atoms with Crippen molar-refractivity contribution in [3.63, 3.8) is 0 Å². The van der Waals surface area contributed by atoms with Crippen LogP contribution in [0.2, 0.25) is 0 Å². The largest absolute Gasteiger partial charge is 0.359 e. The zero-order valence-electron chi connectivity index (χ0n) is 14.8. The third-order valence-electron chi connectivity index (χ3n) is 5.75. The van der Waals surface area contributed by atoms with Crippen molar-refractivity contribution in [2.24, 2.45) is 10.9 Å². The van der Waals surface area contributed by atoms with Crippen LogP contribution in [0.25, 0.3) is 0 Å². The van der Waals surface area contributed by atoms with Crippen molar-refractivity contribution in [1.29, 1.82) is 0 Å². The average molecular weight is 306 g/mol. The number of rotatable bonds is 4. The van der Waals surface area contributed by atoms with Crippen molar-refractivity contribution < 1.29 is 0 Å². The Morgan fingerprint density at radius 1 is 0.818 bits per heavy atom. The maximum absolute atomic E-state index is 5.38. The van der Waals surface area contributed by atoms with Crippen molar-refractivity contribution in [3.8, 4) is 0 Å². The zero-order valence-corrected chi connectivity index (χ0v) is 14.8. The predicted molar refractivity (Wildman–Crippen MR) is 94.5 cm³/mol. The summed E-state index contributed by atoms with van der Waals surface area (Å²) in [5.41, 5.74) is 0. The molecule has 0 aromatic carbocycles. The third kappa shape index (κ3) is 3.84. The maximum atomic E-state index is 5.38. The number of hydrogen-bond acceptors (Lipinski definition) is 2. The van der Waals surface area contributed by atoms with Gasteiger partial charge in [0.2, 0.25) is 0 Å². The van der Waals surface area contributed by atoms with Gasteiger partial charge in [0.1, 0.15) is 5.84 Å². The molecule has 0 aromatic heterocycles. The molecule has 0 spiro atoms. The summed E-state index contributed by atoms with van der Waals surface area (Å²) in [4.78, 5) is 10.7. The van der Waals surface area contributed by atoms with Gasteiger partial charge >= 0.3 is 0 Å². The first-order valence-electron chi connectivity index (χ1n) is 9.82. The minimum absolute atomic E-state index is 0.558. The molecule has 1 atom stereocenters. The molecule has 3 heteroatoms. The van der Waals surface area contributed by atoms with Crippen LogP contribution in [0.15, 0.2) is 4.99 Å². The highest BCUT2D eigenvalue weighted by molar-refractivity contribution is 5.88. The zero-order chi connectivity index (χ0) is 15.4. The van der Waals surface area contributed by atoms with Gasteiger partial charge in [-0.3, -0.25) is 9.89 Å². The molecule has 1 aliphatic carbocycles. The van der Waals surface area contributed by atoms with Crippen LogP contribution in [-0.4, -0.2) is 53.9 Å². The van der Waals surface area contributed by atoms with Crippen LogP contribution in [0, 0.1) is 5.92 Å². The standard InChI is InChI=1S/C19H35N3/c1-16(2)18(21-12-6-7-13-21)19(22-14-8-9-15-22)20-17-10-4-3-5-11-17/h16-18H,3-15H2,1-2H3. The summed E-state index contributed by atoms with van der Waals surface area (Å²) in [6, 6.07) is 1.16. The molecule has 0 bridgehead atoms. The Morgan fingerprint density at radius 3 is 2.00 bits per heavy atom. The summed E-state index contributed by atoms with van der Waals surface area (Å²) in [6.07, 6.45) is 12.3. The van der Waals surface area contributed by atoms with Crippen molar-refractivity contribution in [2.75, 3.05) is 26.2 Å². The fourth-order valence-electron chi connectivity index (χ4n) is 4.59. The average Bonchev–Trinajstić information content (AvgIpc) is 3.21. The third-order valence-corrected chi connectivity index (χ3v) is 5.75. The van der Waals surface area contributed by atoms with Gasteiger partial charge in [0, 0.05) is 13.1 Å². The maximum Gasteiger partial charge on any atom is 0.117 e. The van der Waals surface area contributed by atoms with Gasteiger partial charge in [0.05, 0.1) is 12.1 Å². The summed E-state index contributed by atoms with van der Waals surface area (Å²) in [5, 5.41) is 0. The summed E-state index contributed by atoms with van der Waals surface area (Å²) in [7, 11) is 0. The van der Waals surface area contributed by atoms with Crippen LogP contribution in [0.5, 0.6) is 0 Å². The molecule has 3 aliphatic rings. The molecule has 0 radical (unpaired) electrons. The minimum Gasteiger partial charge on any atom is -0.359 e. The van der Waals surface area contributed by atoms with E-state index < -0.39 is 0 Å². The first-order chi connectivity index (χ1) is 10.8. The molecule has 3 fully saturated rings. The van der Waals surface area contributed by atoms with Crippen molar-refractivity contribution >= 4 is 5.84 Å². The molecule has 3 nitrogen and oxygen atoms in total. The SMILES string of the molecule is CC(C)C(C(=NC1CCCCC1)N1CCCC1)N1CCCC1. The quantitative estimate of drug-likeness (QED) is 0.579. The van der Waals surface area contributed by atoms with Gasteiger partial charge in [-0.1, -0.05) is 33.1 Å². The summed E-state index contributed by atoms with van der Waals surface area (Å²) >= 11 is 0. The van der Waals surface area contributed by atoms with Crippen molar-refractivity contribution in [1.82, 2.24) is 9.80 Å². The van der Waals surface area contributed by atoms with E-state index in [9.17, 15) is 0 Å². The van der Waals surface area contributed by atoms with E-state index in [1.807, 2.05) is 0 Å². The van der Waals surface area contributed by atoms with Crippen LogP contribution in [0.3, 0.4) is 0 Å². The number of aliphatic imine (C=N–C) groups is 1. The van der Waals surface area contributed by atoms with E-state index in [2.05, 4.69) is 23.6 Å². The lowest BCUT2D eigenvalue weighted by Gasteiger charge is -2.37. The minimum atomic E-state index is 0.558. The highest BCUT2D eigenvalue weighted by Crippen LogP contribution is 2.26. The van der Waals surface area contributed by atoms with E-state index in [1.54, 1.807) is 0 Å². The Kier molecular flexibility index (Phi) is 5.78. The molecule has 3 rings (SSSR count). The lowest BCUT2D eigenvalue weighted by Crippen LogP contribution is -2.50. The van der Waals surface area contributed by atoms with Crippen LogP contribution >= 0.6 is 0 Å². The van der Waals surface area contributed by atoms with Crippen molar-refractivity contribution in [2.45, 2.75) is 83.7 Å². The summed E-state index contributed by atoms with van der Waals surface area (Å²) in [5.74, 6) is 2.13. The van der Waals surface area contributed by atoms with Gasteiger partial charge in [-0.2, -0.15) is 0 Å². The van der Waals surface area contributed by atoms with E-state index in [1.165, 1.54) is 89.8 Å². The fraction of sp³-hybridized carbons (Fsp3) is 0.947. The van der Waals surface area contributed by atoms with Gasteiger partial charge in [0.15, 0.2) is 0 Å². The molecule has 1 saturated carbocycles. The molecule has 126 valence electrons. The fourth-order valence-corrected chi connectivity index (χ4v) is 4.59. The van der Waals surface area contributed by atoms with E-state index in [-0.39, 0.29) is 0 Å². The molecule has 0 amide bonds. The van der Waals surface area contributed by atoms with Gasteiger partial charge in [-0.05, 0) is 57.5 Å². The highest BCUT2D eigenvalue weighted by Gasteiger charge is 2.33. The number of amidine groups is 1. The normalized spacial score (nSPS) is 27.0. The molecular weight excluding hydrogens is 270 g/mol. The molecule has 2 saturated heterocycles. The Labute approximate surface area is 137 Å². The molecule has 0 N–H and O–H groups in total. The molecule has 1 unspecified atom stereocenters. The molecule has 22 heavy (non-hydrogen) atoms. The molecule has 0 aromatic rings. The summed E-state index contributed by atoms with van der Waals surface area (Å²) in [6.45, 7) is 9.83. The van der Waals surface area contributed by atoms with Crippen LogP contribution in [0.4, 0.5) is 0 Å². The first kappa shape index (κ1) is 16.3. The topological polar surface area (TPSA) is 18.8 Å². The second kappa shape index (κ2) is 7.81. The van der Waals surface area contributed by atoms with Crippen LogP contribution < -0.4 is 0 Å². The molecule has 2 heterocycles. The Morgan fingerprint density at radius 2 is 1.41 bits per heavy atom. The number of hydrogen-bond donors (Lipinski definition) is 0. The van der Waals surface area contributed by atoms with Crippen LogP contribution in [0.1, 0.15) is 71.6 Å². The summed E-state index contributed by atoms with van der Waals surface area (Å²) < 4.78 is 0. The monoisotopic (exact) mass is 305 g/mol. The first-order valence-corrected chi connectivity index (χ1v) is 9.82. The molecular formula is C19H35N3. The van der Waals surface area contributed by atoms with E-state index in [0.29, 0.717) is 18.0 Å². The van der Waals surface area contributed by atoms with Crippen molar-refractivity contribution in [3.05, 3.63) is 0 Å². The van der Waals surface area contributed by atoms with Gasteiger partial charge in [-0.25, -0.2) is 0 Å². The Hall–Kier alpha value is -0.570. The highest BCUT2D eigenvalue weighted by atomic mass is 15.3. The van der Waals surface area contributed by atoms with Gasteiger partial charge < -0.3 is 4.90 Å². The number of likely N-dealkylation sites (tertiary alicyclic amines) is 2. The lowest BCUT2D eigenvalue weighted by molar-refractivity contribution is 0.231. The Balaban J connectivity index is 1.82. The van der Waals surface area contributed by atoms with E-state index >= 15 is 0 Å². The van der Waals surface area contributed by atoms with Gasteiger partial charge in [-0.15, -0.1) is 0 Å². The number of nitrogens with zero attached hydrogens (tertiary/aromatic N) is 3. The van der Waals surface area contributed by atoms with E-state index in [0.717, 1.165) is 0 Å². The predicted octanol–water partition coefficient (Wildman–Crippen LogP) is 3.93.